The lowest BCUT2D eigenvalue weighted by atomic mass is 10.1. The molecule has 1 aliphatic carbocycles. The van der Waals surface area contributed by atoms with Crippen LogP contribution in [0.15, 0.2) is 29.3 Å². The highest BCUT2D eigenvalue weighted by Crippen LogP contribution is 2.23. The fraction of sp³-hybridized carbons (Fsp3) is 0.706. The first-order valence-corrected chi connectivity index (χ1v) is 7.60. The van der Waals surface area contributed by atoms with Gasteiger partial charge >= 0.3 is 0 Å². The maximum atomic E-state index is 4.58. The van der Waals surface area contributed by atoms with Gasteiger partial charge in [0, 0.05) is 6.21 Å². The highest BCUT2D eigenvalue weighted by Gasteiger charge is 2.12. The van der Waals surface area contributed by atoms with Crippen molar-refractivity contribution in [2.45, 2.75) is 73.3 Å². The fourth-order valence-electron chi connectivity index (χ4n) is 1.97. The Balaban J connectivity index is 0. The minimum atomic E-state index is 0.276. The second-order valence-electron chi connectivity index (χ2n) is 4.01. The summed E-state index contributed by atoms with van der Waals surface area (Å²) in [5.41, 5.74) is 1.22. The van der Waals surface area contributed by atoms with E-state index in [1.807, 2.05) is 40.7 Å². The molecule has 1 heteroatoms. The molecule has 1 fully saturated rings. The van der Waals surface area contributed by atoms with Gasteiger partial charge in [0.1, 0.15) is 0 Å². The lowest BCUT2D eigenvalue weighted by molar-refractivity contribution is 0.733. The third kappa shape index (κ3) is 8.27. The van der Waals surface area contributed by atoms with Crippen LogP contribution in [0.2, 0.25) is 0 Å². The van der Waals surface area contributed by atoms with Crippen molar-refractivity contribution in [3.63, 3.8) is 0 Å². The van der Waals surface area contributed by atoms with E-state index >= 15 is 0 Å². The molecule has 1 nitrogen and oxygen atoms in total. The maximum Gasteiger partial charge on any atom is 0.0713 e. The third-order valence-corrected chi connectivity index (χ3v) is 2.97. The highest BCUT2D eigenvalue weighted by atomic mass is 14.8. The summed E-state index contributed by atoms with van der Waals surface area (Å²) in [6.07, 6.45) is 11.6. The van der Waals surface area contributed by atoms with Crippen molar-refractivity contribution in [2.24, 2.45) is 10.9 Å². The molecule has 106 valence electrons. The second-order valence-corrected chi connectivity index (χ2v) is 4.01. The quantitative estimate of drug-likeness (QED) is 0.441. The molecule has 0 unspecified atom stereocenters. The molecular formula is C17H33N. The summed E-state index contributed by atoms with van der Waals surface area (Å²) in [6, 6.07) is 0.276. The first-order chi connectivity index (χ1) is 8.77. The SMILES string of the molecule is C=C/C(=C\C)[C@H](C)N=CC1CCCC1.CC.CC. The summed E-state index contributed by atoms with van der Waals surface area (Å²) in [5.74, 6) is 0.736. The zero-order valence-electron chi connectivity index (χ0n) is 13.4. The molecule has 0 N–H and O–H groups in total. The van der Waals surface area contributed by atoms with Gasteiger partial charge in [-0.15, -0.1) is 0 Å². The van der Waals surface area contributed by atoms with E-state index in [1.54, 1.807) is 0 Å². The molecule has 0 aromatic carbocycles. The maximum absolute atomic E-state index is 4.58. The van der Waals surface area contributed by atoms with Gasteiger partial charge in [-0.2, -0.15) is 0 Å². The summed E-state index contributed by atoms with van der Waals surface area (Å²) < 4.78 is 0. The Morgan fingerprint density at radius 3 is 2.06 bits per heavy atom. The third-order valence-electron chi connectivity index (χ3n) is 2.97. The van der Waals surface area contributed by atoms with Crippen molar-refractivity contribution in [3.8, 4) is 0 Å². The topological polar surface area (TPSA) is 12.4 Å². The van der Waals surface area contributed by atoms with Gasteiger partial charge in [-0.05, 0) is 38.2 Å². The van der Waals surface area contributed by atoms with E-state index in [2.05, 4.69) is 30.8 Å². The van der Waals surface area contributed by atoms with E-state index in [9.17, 15) is 0 Å². The predicted molar refractivity (Wildman–Crippen MR) is 86.6 cm³/mol. The van der Waals surface area contributed by atoms with Crippen LogP contribution in [0.25, 0.3) is 0 Å². The van der Waals surface area contributed by atoms with E-state index in [0.717, 1.165) is 5.92 Å². The number of allylic oxidation sites excluding steroid dienone is 1. The van der Waals surface area contributed by atoms with Crippen LogP contribution in [0, 0.1) is 5.92 Å². The zero-order chi connectivity index (χ0) is 14.4. The Morgan fingerprint density at radius 2 is 1.67 bits per heavy atom. The number of nitrogens with zero attached hydrogens (tertiary/aromatic N) is 1. The fourth-order valence-corrected chi connectivity index (χ4v) is 1.97. The molecule has 0 aromatic rings. The molecule has 0 radical (unpaired) electrons. The predicted octanol–water partition coefficient (Wildman–Crippen LogP) is 5.82. The van der Waals surface area contributed by atoms with Crippen molar-refractivity contribution in [2.75, 3.05) is 0 Å². The Kier molecular flexibility index (Phi) is 15.4. The minimum Gasteiger partial charge on any atom is -0.289 e. The molecule has 0 amide bonds. The Bertz CT molecular complexity index is 232. The molecular weight excluding hydrogens is 218 g/mol. The molecule has 1 rings (SSSR count). The number of aliphatic imine (C=N–C) groups is 1. The lowest BCUT2D eigenvalue weighted by Crippen LogP contribution is -2.04. The van der Waals surface area contributed by atoms with Crippen molar-refractivity contribution in [1.82, 2.24) is 0 Å². The van der Waals surface area contributed by atoms with Crippen LogP contribution < -0.4 is 0 Å². The van der Waals surface area contributed by atoms with Crippen molar-refractivity contribution in [3.05, 3.63) is 24.3 Å². The molecule has 18 heavy (non-hydrogen) atoms. The minimum absolute atomic E-state index is 0.276. The lowest BCUT2D eigenvalue weighted by Gasteiger charge is -2.08. The van der Waals surface area contributed by atoms with Crippen molar-refractivity contribution < 1.29 is 0 Å². The highest BCUT2D eigenvalue weighted by molar-refractivity contribution is 5.61. The summed E-state index contributed by atoms with van der Waals surface area (Å²) >= 11 is 0. The van der Waals surface area contributed by atoms with Crippen molar-refractivity contribution in [1.29, 1.82) is 0 Å². The molecule has 0 aromatic heterocycles. The van der Waals surface area contributed by atoms with Crippen LogP contribution in [0.4, 0.5) is 0 Å². The summed E-state index contributed by atoms with van der Waals surface area (Å²) in [4.78, 5) is 4.58. The van der Waals surface area contributed by atoms with Crippen LogP contribution in [0.5, 0.6) is 0 Å². The van der Waals surface area contributed by atoms with Crippen LogP contribution in [-0.4, -0.2) is 12.3 Å². The smallest absolute Gasteiger partial charge is 0.0713 e. The summed E-state index contributed by atoms with van der Waals surface area (Å²) in [7, 11) is 0. The standard InChI is InChI=1S/C13H21N.2C2H6/c1-4-13(5-2)11(3)14-10-12-8-6-7-9-12;2*1-2/h4-5,10-12H,1,6-9H2,2-3H3;2*1-2H3/b13-5+,14-10?;;/t11-;;/m0../s1. The normalized spacial score (nSPS) is 17.6. The van der Waals surface area contributed by atoms with Gasteiger partial charge in [-0.3, -0.25) is 4.99 Å². The van der Waals surface area contributed by atoms with Gasteiger partial charge in [0.25, 0.3) is 0 Å². The summed E-state index contributed by atoms with van der Waals surface area (Å²) in [5, 5.41) is 0. The van der Waals surface area contributed by atoms with Gasteiger partial charge in [-0.1, -0.05) is 59.3 Å². The monoisotopic (exact) mass is 251 g/mol. The molecule has 1 aliphatic rings. The molecule has 0 saturated heterocycles. The summed E-state index contributed by atoms with van der Waals surface area (Å²) in [6.45, 7) is 16.0. The average molecular weight is 251 g/mol. The first-order valence-electron chi connectivity index (χ1n) is 7.60. The second kappa shape index (κ2) is 14.2. The Hall–Kier alpha value is -0.850. The van der Waals surface area contributed by atoms with E-state index < -0.39 is 0 Å². The van der Waals surface area contributed by atoms with Crippen LogP contribution in [0.3, 0.4) is 0 Å². The molecule has 0 bridgehead atoms. The number of hydrogen-bond acceptors (Lipinski definition) is 1. The van der Waals surface area contributed by atoms with E-state index in [4.69, 9.17) is 0 Å². The van der Waals surface area contributed by atoms with E-state index in [0.29, 0.717) is 0 Å². The van der Waals surface area contributed by atoms with Gasteiger partial charge in [0.15, 0.2) is 0 Å². The van der Waals surface area contributed by atoms with Crippen LogP contribution in [0.1, 0.15) is 67.2 Å². The Morgan fingerprint density at radius 1 is 1.17 bits per heavy atom. The molecule has 1 saturated carbocycles. The van der Waals surface area contributed by atoms with E-state index in [1.165, 1.54) is 31.3 Å². The molecule has 0 aliphatic heterocycles. The largest absolute Gasteiger partial charge is 0.289 e. The first kappa shape index (κ1) is 19.5. The van der Waals surface area contributed by atoms with Crippen LogP contribution >= 0.6 is 0 Å². The number of rotatable bonds is 4. The molecule has 0 spiro atoms. The molecule has 0 heterocycles. The van der Waals surface area contributed by atoms with E-state index in [-0.39, 0.29) is 6.04 Å². The van der Waals surface area contributed by atoms with Gasteiger partial charge in [0.05, 0.1) is 6.04 Å². The average Bonchev–Trinajstić information content (AvgIpc) is 2.95. The molecule has 1 atom stereocenters. The van der Waals surface area contributed by atoms with Gasteiger partial charge < -0.3 is 0 Å². The number of hydrogen-bond donors (Lipinski definition) is 0. The zero-order valence-corrected chi connectivity index (χ0v) is 13.4. The van der Waals surface area contributed by atoms with Crippen molar-refractivity contribution >= 4 is 6.21 Å². The Labute approximate surface area is 115 Å². The van der Waals surface area contributed by atoms with Crippen LogP contribution in [-0.2, 0) is 0 Å². The van der Waals surface area contributed by atoms with Gasteiger partial charge in [-0.25, -0.2) is 0 Å². The van der Waals surface area contributed by atoms with Gasteiger partial charge in [0.2, 0.25) is 0 Å².